The predicted octanol–water partition coefficient (Wildman–Crippen LogP) is 4.73. The second-order valence-corrected chi connectivity index (χ2v) is 8.87. The smallest absolute Gasteiger partial charge is 0.254 e. The van der Waals surface area contributed by atoms with Gasteiger partial charge in [-0.15, -0.1) is 0 Å². The SMILES string of the molecule is O=C(CC1(N2Cc3ccccc3C2=O)CCSCC1)Nc1ccc(F)c(Cl)c1. The fourth-order valence-electron chi connectivity index (χ4n) is 4.01. The molecule has 1 saturated heterocycles. The third kappa shape index (κ3) is 3.63. The van der Waals surface area contributed by atoms with Crippen molar-refractivity contribution in [2.45, 2.75) is 31.3 Å². The van der Waals surface area contributed by atoms with Crippen molar-refractivity contribution in [2.24, 2.45) is 0 Å². The standard InChI is InChI=1S/C21H20ClFN2O2S/c22-17-11-15(5-6-18(17)23)24-19(26)12-21(7-9-28-10-8-21)25-13-14-3-1-2-4-16(14)20(25)27/h1-6,11H,7-10,12-13H2,(H,24,26). The zero-order valence-electron chi connectivity index (χ0n) is 15.2. The summed E-state index contributed by atoms with van der Waals surface area (Å²) >= 11 is 7.66. The van der Waals surface area contributed by atoms with E-state index >= 15 is 0 Å². The zero-order valence-corrected chi connectivity index (χ0v) is 16.8. The Kier molecular flexibility index (Phi) is 5.34. The molecular formula is C21H20ClFN2O2S. The van der Waals surface area contributed by atoms with E-state index in [9.17, 15) is 14.0 Å². The van der Waals surface area contributed by atoms with Crippen LogP contribution in [0.1, 0.15) is 35.2 Å². The Morgan fingerprint density at radius 2 is 1.96 bits per heavy atom. The normalized spacial score (nSPS) is 18.1. The van der Waals surface area contributed by atoms with Crippen molar-refractivity contribution in [2.75, 3.05) is 16.8 Å². The van der Waals surface area contributed by atoms with Crippen LogP contribution in [0.15, 0.2) is 42.5 Å². The van der Waals surface area contributed by atoms with Gasteiger partial charge in [0.05, 0.1) is 17.0 Å². The number of rotatable bonds is 4. The molecule has 4 rings (SSSR count). The van der Waals surface area contributed by atoms with Crippen LogP contribution in [0.2, 0.25) is 5.02 Å². The first-order valence-corrected chi connectivity index (χ1v) is 10.7. The fraction of sp³-hybridized carbons (Fsp3) is 0.333. The van der Waals surface area contributed by atoms with Crippen LogP contribution in [-0.2, 0) is 11.3 Å². The van der Waals surface area contributed by atoms with Gasteiger partial charge in [-0.3, -0.25) is 9.59 Å². The molecule has 0 spiro atoms. The molecule has 2 aromatic rings. The van der Waals surface area contributed by atoms with Gasteiger partial charge >= 0.3 is 0 Å². The van der Waals surface area contributed by atoms with Gasteiger partial charge in [0.25, 0.3) is 5.91 Å². The molecule has 0 radical (unpaired) electrons. The van der Waals surface area contributed by atoms with E-state index in [1.807, 2.05) is 40.9 Å². The second-order valence-electron chi connectivity index (χ2n) is 7.24. The third-order valence-corrected chi connectivity index (χ3v) is 6.79. The Hall–Kier alpha value is -2.05. The lowest BCUT2D eigenvalue weighted by Crippen LogP contribution is -2.53. The summed E-state index contributed by atoms with van der Waals surface area (Å²) in [6.45, 7) is 0.537. The molecule has 0 aliphatic carbocycles. The number of benzene rings is 2. The highest BCUT2D eigenvalue weighted by molar-refractivity contribution is 7.99. The zero-order chi connectivity index (χ0) is 19.7. The van der Waals surface area contributed by atoms with Crippen LogP contribution in [-0.4, -0.2) is 33.8 Å². The molecule has 2 aliphatic heterocycles. The van der Waals surface area contributed by atoms with Crippen LogP contribution in [0, 0.1) is 5.82 Å². The van der Waals surface area contributed by atoms with Crippen molar-refractivity contribution in [3.8, 4) is 0 Å². The van der Waals surface area contributed by atoms with Gasteiger partial charge < -0.3 is 10.2 Å². The average Bonchev–Trinajstić information content (AvgIpc) is 3.03. The van der Waals surface area contributed by atoms with E-state index in [0.717, 1.165) is 35.5 Å². The summed E-state index contributed by atoms with van der Waals surface area (Å²) < 4.78 is 13.4. The van der Waals surface area contributed by atoms with Gasteiger partial charge in [0, 0.05) is 17.8 Å². The summed E-state index contributed by atoms with van der Waals surface area (Å²) in [5.41, 5.74) is 1.68. The van der Waals surface area contributed by atoms with Gasteiger partial charge in [0.2, 0.25) is 5.91 Å². The fourth-order valence-corrected chi connectivity index (χ4v) is 5.44. The lowest BCUT2D eigenvalue weighted by atomic mass is 9.86. The molecule has 0 bridgehead atoms. The van der Waals surface area contributed by atoms with Crippen molar-refractivity contribution in [3.63, 3.8) is 0 Å². The molecule has 146 valence electrons. The lowest BCUT2D eigenvalue weighted by Gasteiger charge is -2.44. The number of thioether (sulfide) groups is 1. The molecule has 1 N–H and O–H groups in total. The van der Waals surface area contributed by atoms with Gasteiger partial charge in [0.15, 0.2) is 0 Å². The first-order chi connectivity index (χ1) is 13.5. The summed E-state index contributed by atoms with van der Waals surface area (Å²) in [5, 5.41) is 2.77. The molecule has 1 fully saturated rings. The van der Waals surface area contributed by atoms with Gasteiger partial charge in [-0.05, 0) is 54.2 Å². The summed E-state index contributed by atoms with van der Waals surface area (Å²) in [6.07, 6.45) is 1.76. The highest BCUT2D eigenvalue weighted by Crippen LogP contribution is 2.40. The van der Waals surface area contributed by atoms with Gasteiger partial charge in [-0.1, -0.05) is 29.8 Å². The van der Waals surface area contributed by atoms with Gasteiger partial charge in [0.1, 0.15) is 5.82 Å². The summed E-state index contributed by atoms with van der Waals surface area (Å²) in [5.74, 6) is 1.10. The Morgan fingerprint density at radius 1 is 1.21 bits per heavy atom. The van der Waals surface area contributed by atoms with Crippen LogP contribution < -0.4 is 5.32 Å². The number of carbonyl (C=O) groups is 2. The number of hydrogen-bond acceptors (Lipinski definition) is 3. The number of fused-ring (bicyclic) bond motifs is 1. The molecular weight excluding hydrogens is 399 g/mol. The van der Waals surface area contributed by atoms with E-state index in [1.54, 1.807) is 0 Å². The van der Waals surface area contributed by atoms with E-state index in [-0.39, 0.29) is 23.3 Å². The maximum absolute atomic E-state index is 13.4. The number of halogens is 2. The molecule has 2 amide bonds. The van der Waals surface area contributed by atoms with E-state index in [1.165, 1.54) is 18.2 Å². The number of hydrogen-bond donors (Lipinski definition) is 1. The number of nitrogens with one attached hydrogen (secondary N) is 1. The van der Waals surface area contributed by atoms with E-state index in [2.05, 4.69) is 5.32 Å². The minimum atomic E-state index is -0.527. The Balaban J connectivity index is 1.55. The van der Waals surface area contributed by atoms with Crippen LogP contribution in [0.4, 0.5) is 10.1 Å². The van der Waals surface area contributed by atoms with Crippen molar-refractivity contribution in [1.82, 2.24) is 4.90 Å². The maximum Gasteiger partial charge on any atom is 0.254 e. The number of carbonyl (C=O) groups excluding carboxylic acids is 2. The number of amides is 2. The van der Waals surface area contributed by atoms with Crippen LogP contribution >= 0.6 is 23.4 Å². The Labute approximate surface area is 172 Å². The highest BCUT2D eigenvalue weighted by Gasteiger charge is 2.45. The molecule has 4 nitrogen and oxygen atoms in total. The topological polar surface area (TPSA) is 49.4 Å². The molecule has 0 aromatic heterocycles. The molecule has 7 heteroatoms. The quantitative estimate of drug-likeness (QED) is 0.780. The van der Waals surface area contributed by atoms with Crippen LogP contribution in [0.5, 0.6) is 0 Å². The minimum Gasteiger partial charge on any atom is -0.328 e. The number of anilines is 1. The molecule has 2 aliphatic rings. The Morgan fingerprint density at radius 3 is 2.68 bits per heavy atom. The lowest BCUT2D eigenvalue weighted by molar-refractivity contribution is -0.119. The minimum absolute atomic E-state index is 0.000117. The van der Waals surface area contributed by atoms with Crippen molar-refractivity contribution in [1.29, 1.82) is 0 Å². The molecule has 2 aromatic carbocycles. The van der Waals surface area contributed by atoms with Crippen LogP contribution in [0.25, 0.3) is 0 Å². The van der Waals surface area contributed by atoms with Gasteiger partial charge in [-0.2, -0.15) is 11.8 Å². The predicted molar refractivity (Wildman–Crippen MR) is 110 cm³/mol. The molecule has 2 heterocycles. The Bertz CT molecular complexity index is 930. The van der Waals surface area contributed by atoms with Gasteiger partial charge in [-0.25, -0.2) is 4.39 Å². The van der Waals surface area contributed by atoms with E-state index in [4.69, 9.17) is 11.6 Å². The van der Waals surface area contributed by atoms with E-state index in [0.29, 0.717) is 12.2 Å². The maximum atomic E-state index is 13.4. The van der Waals surface area contributed by atoms with Crippen LogP contribution in [0.3, 0.4) is 0 Å². The highest BCUT2D eigenvalue weighted by atomic mass is 35.5. The monoisotopic (exact) mass is 418 g/mol. The van der Waals surface area contributed by atoms with Crippen molar-refractivity contribution < 1.29 is 14.0 Å². The molecule has 0 atom stereocenters. The largest absolute Gasteiger partial charge is 0.328 e. The second kappa shape index (κ2) is 7.76. The number of nitrogens with zero attached hydrogens (tertiary/aromatic N) is 1. The molecule has 0 unspecified atom stereocenters. The first-order valence-electron chi connectivity index (χ1n) is 9.21. The average molecular weight is 419 g/mol. The van der Waals surface area contributed by atoms with Crippen molar-refractivity contribution >= 4 is 40.9 Å². The summed E-state index contributed by atoms with van der Waals surface area (Å²) in [7, 11) is 0. The first kappa shape index (κ1) is 19.3. The molecule has 0 saturated carbocycles. The van der Waals surface area contributed by atoms with Crippen molar-refractivity contribution in [3.05, 3.63) is 64.4 Å². The summed E-state index contributed by atoms with van der Waals surface area (Å²) in [6, 6.07) is 11.7. The molecule has 28 heavy (non-hydrogen) atoms. The third-order valence-electron chi connectivity index (χ3n) is 5.51. The summed E-state index contributed by atoms with van der Waals surface area (Å²) in [4.78, 5) is 27.8. The van der Waals surface area contributed by atoms with E-state index < -0.39 is 11.4 Å².